The molecule has 0 spiro atoms. The SMILES string of the molecule is CCCC(F)F.CCCC1CC(C(C)(C)C)CN(Cc2cnc(-c3cc(C#N)c(F)cc3C)s2)C1.O=CO. The standard InChI is InChI=1S/C24H32FN3S.C4H8F2.CH2O2/c1-6-7-17-9-19(24(3,4)5)14-28(13-17)15-20-12-27-23(29-20)21-10-18(11-26)22(25)8-16(21)2;1-2-3-4(5)6;2-1-3/h8,10,12,17,19H,6-7,9,13-15H2,1-5H3;4H,2-3H2,1H3;1H,(H,2,3). The lowest BCUT2D eigenvalue weighted by Gasteiger charge is -2.43. The zero-order chi connectivity index (χ0) is 28.9. The number of piperidine rings is 1. The third-order valence-corrected chi connectivity index (χ3v) is 7.65. The Morgan fingerprint density at radius 2 is 1.92 bits per heavy atom. The van der Waals surface area contributed by atoms with Gasteiger partial charge in [0.15, 0.2) is 0 Å². The molecule has 0 aliphatic carbocycles. The van der Waals surface area contributed by atoms with Crippen LogP contribution in [0.25, 0.3) is 10.6 Å². The smallest absolute Gasteiger partial charge is 0.290 e. The highest BCUT2D eigenvalue weighted by Gasteiger charge is 2.34. The van der Waals surface area contributed by atoms with Gasteiger partial charge >= 0.3 is 0 Å². The Bertz CT molecular complexity index is 1030. The second-order valence-corrected chi connectivity index (χ2v) is 11.9. The van der Waals surface area contributed by atoms with Crippen LogP contribution in [0.3, 0.4) is 0 Å². The number of likely N-dealkylation sites (tertiary alicyclic amines) is 1. The van der Waals surface area contributed by atoms with Crippen molar-refractivity contribution in [3.63, 3.8) is 0 Å². The molecule has 0 amide bonds. The van der Waals surface area contributed by atoms with E-state index >= 15 is 0 Å². The first-order chi connectivity index (χ1) is 17.9. The number of carboxylic acid groups (broad SMARTS) is 1. The lowest BCUT2D eigenvalue weighted by molar-refractivity contribution is -0.122. The number of halogens is 3. The van der Waals surface area contributed by atoms with E-state index in [4.69, 9.17) is 15.2 Å². The van der Waals surface area contributed by atoms with Crippen LogP contribution in [0.15, 0.2) is 18.3 Å². The Hall–Kier alpha value is -2.44. The fourth-order valence-corrected chi connectivity index (χ4v) is 5.65. The van der Waals surface area contributed by atoms with Crippen molar-refractivity contribution in [2.24, 2.45) is 17.3 Å². The number of alkyl halides is 2. The van der Waals surface area contributed by atoms with E-state index in [1.54, 1.807) is 24.3 Å². The van der Waals surface area contributed by atoms with Gasteiger partial charge in [-0.15, -0.1) is 11.3 Å². The number of nitrogens with zero attached hydrogens (tertiary/aromatic N) is 3. The summed E-state index contributed by atoms with van der Waals surface area (Å²) in [6, 6.07) is 4.99. The van der Waals surface area contributed by atoms with Crippen LogP contribution in [0.2, 0.25) is 0 Å². The van der Waals surface area contributed by atoms with Crippen molar-refractivity contribution in [2.45, 2.75) is 86.6 Å². The Morgan fingerprint density at radius 3 is 2.42 bits per heavy atom. The van der Waals surface area contributed by atoms with Gasteiger partial charge in [-0.1, -0.05) is 47.5 Å². The number of carbonyl (C=O) groups is 1. The van der Waals surface area contributed by atoms with Crippen molar-refractivity contribution in [1.29, 1.82) is 5.26 Å². The molecule has 2 aromatic rings. The van der Waals surface area contributed by atoms with Crippen molar-refractivity contribution in [1.82, 2.24) is 9.88 Å². The maximum Gasteiger partial charge on any atom is 0.290 e. The maximum atomic E-state index is 13.8. The third kappa shape index (κ3) is 11.1. The second-order valence-electron chi connectivity index (χ2n) is 10.8. The van der Waals surface area contributed by atoms with Gasteiger partial charge in [-0.2, -0.15) is 5.26 Å². The second kappa shape index (κ2) is 16.5. The van der Waals surface area contributed by atoms with E-state index in [0.29, 0.717) is 17.8 Å². The van der Waals surface area contributed by atoms with Gasteiger partial charge in [0.2, 0.25) is 6.43 Å². The minimum Gasteiger partial charge on any atom is -0.483 e. The highest BCUT2D eigenvalue weighted by atomic mass is 32.1. The van der Waals surface area contributed by atoms with Gasteiger partial charge in [-0.05, 0) is 54.7 Å². The molecule has 0 radical (unpaired) electrons. The summed E-state index contributed by atoms with van der Waals surface area (Å²) < 4.78 is 35.9. The molecule has 2 atom stereocenters. The zero-order valence-corrected chi connectivity index (χ0v) is 24.3. The molecule has 1 aromatic carbocycles. The van der Waals surface area contributed by atoms with Crippen molar-refractivity contribution in [2.75, 3.05) is 13.1 Å². The summed E-state index contributed by atoms with van der Waals surface area (Å²) in [5.74, 6) is 1.01. The van der Waals surface area contributed by atoms with E-state index < -0.39 is 12.2 Å². The minimum absolute atomic E-state index is 0.0417. The van der Waals surface area contributed by atoms with Crippen LogP contribution in [0, 0.1) is 41.3 Å². The molecule has 1 aromatic heterocycles. The number of aryl methyl sites for hydroxylation is 1. The lowest BCUT2D eigenvalue weighted by Crippen LogP contribution is -2.44. The molecule has 1 aliphatic heterocycles. The fourth-order valence-electron chi connectivity index (χ4n) is 4.61. The predicted octanol–water partition coefficient (Wildman–Crippen LogP) is 8.17. The Kier molecular flexibility index (Phi) is 14.6. The summed E-state index contributed by atoms with van der Waals surface area (Å²) in [5, 5.41) is 16.9. The molecule has 1 aliphatic rings. The van der Waals surface area contributed by atoms with Gasteiger partial charge in [-0.25, -0.2) is 18.2 Å². The summed E-state index contributed by atoms with van der Waals surface area (Å²) >= 11 is 1.66. The molecule has 1 N–H and O–H groups in total. The summed E-state index contributed by atoms with van der Waals surface area (Å²) in [6.07, 6.45) is 4.33. The van der Waals surface area contributed by atoms with E-state index in [1.807, 2.05) is 19.2 Å². The molecule has 3 rings (SSSR count). The van der Waals surface area contributed by atoms with Gasteiger partial charge < -0.3 is 5.11 Å². The Labute approximate surface area is 229 Å². The quantitative estimate of drug-likeness (QED) is 0.350. The van der Waals surface area contributed by atoms with Crippen LogP contribution in [0.5, 0.6) is 0 Å². The molecular weight excluding hydrogens is 511 g/mol. The summed E-state index contributed by atoms with van der Waals surface area (Å²) in [6.45, 7) is 15.9. The average Bonchev–Trinajstić information content (AvgIpc) is 3.27. The number of thiazole rings is 1. The molecule has 5 nitrogen and oxygen atoms in total. The molecule has 0 saturated carbocycles. The highest BCUT2D eigenvalue weighted by Crippen LogP contribution is 2.38. The molecule has 38 heavy (non-hydrogen) atoms. The molecule has 1 saturated heterocycles. The first kappa shape index (κ1) is 33.6. The largest absolute Gasteiger partial charge is 0.483 e. The predicted molar refractivity (Wildman–Crippen MR) is 148 cm³/mol. The molecule has 2 heterocycles. The Balaban J connectivity index is 0.000000695. The zero-order valence-electron chi connectivity index (χ0n) is 23.4. The van der Waals surface area contributed by atoms with Gasteiger partial charge in [0, 0.05) is 42.7 Å². The van der Waals surface area contributed by atoms with Crippen LogP contribution in [-0.2, 0) is 11.3 Å². The van der Waals surface area contributed by atoms with Crippen LogP contribution < -0.4 is 0 Å². The van der Waals surface area contributed by atoms with E-state index in [9.17, 15) is 13.2 Å². The summed E-state index contributed by atoms with van der Waals surface area (Å²) in [4.78, 5) is 16.8. The van der Waals surface area contributed by atoms with Gasteiger partial charge in [0.25, 0.3) is 6.47 Å². The summed E-state index contributed by atoms with van der Waals surface area (Å²) in [5.41, 5.74) is 2.07. The maximum absolute atomic E-state index is 13.8. The molecule has 212 valence electrons. The van der Waals surface area contributed by atoms with E-state index in [0.717, 1.165) is 41.7 Å². The van der Waals surface area contributed by atoms with Crippen LogP contribution in [0.1, 0.15) is 82.7 Å². The van der Waals surface area contributed by atoms with E-state index in [1.165, 1.54) is 30.2 Å². The first-order valence-electron chi connectivity index (χ1n) is 13.1. The topological polar surface area (TPSA) is 77.2 Å². The molecule has 1 fully saturated rings. The molecule has 0 bridgehead atoms. The number of rotatable bonds is 7. The van der Waals surface area contributed by atoms with Gasteiger partial charge in [0.1, 0.15) is 16.9 Å². The third-order valence-electron chi connectivity index (χ3n) is 6.64. The van der Waals surface area contributed by atoms with Crippen molar-refractivity contribution < 1.29 is 23.1 Å². The van der Waals surface area contributed by atoms with Crippen LogP contribution >= 0.6 is 11.3 Å². The molecule has 2 unspecified atom stereocenters. The first-order valence-corrected chi connectivity index (χ1v) is 13.9. The fraction of sp³-hybridized carbons (Fsp3) is 0.621. The van der Waals surface area contributed by atoms with E-state index in [-0.39, 0.29) is 18.5 Å². The number of benzene rings is 1. The molecule has 9 heteroatoms. The normalized spacial score (nSPS) is 17.6. The average molecular weight is 554 g/mol. The Morgan fingerprint density at radius 1 is 1.26 bits per heavy atom. The summed E-state index contributed by atoms with van der Waals surface area (Å²) in [7, 11) is 0. The van der Waals surface area contributed by atoms with E-state index in [2.05, 4.69) is 37.6 Å². The van der Waals surface area contributed by atoms with Crippen LogP contribution in [-0.4, -0.2) is 41.0 Å². The monoisotopic (exact) mass is 553 g/mol. The van der Waals surface area contributed by atoms with Crippen LogP contribution in [0.4, 0.5) is 13.2 Å². The van der Waals surface area contributed by atoms with Gasteiger partial charge in [0.05, 0.1) is 5.56 Å². The number of nitriles is 1. The number of aromatic nitrogens is 1. The van der Waals surface area contributed by atoms with Crippen molar-refractivity contribution in [3.8, 4) is 16.6 Å². The van der Waals surface area contributed by atoms with Gasteiger partial charge in [-0.3, -0.25) is 9.69 Å². The lowest BCUT2D eigenvalue weighted by atomic mass is 9.72. The highest BCUT2D eigenvalue weighted by molar-refractivity contribution is 7.15. The number of hydrogen-bond acceptors (Lipinski definition) is 5. The molecular formula is C29H42F3N3O2S. The number of hydrogen-bond donors (Lipinski definition) is 1. The van der Waals surface area contributed by atoms with Crippen molar-refractivity contribution >= 4 is 17.8 Å². The minimum atomic E-state index is -2.10. The van der Waals surface area contributed by atoms with Crippen molar-refractivity contribution in [3.05, 3.63) is 40.2 Å².